The van der Waals surface area contributed by atoms with Gasteiger partial charge in [0.1, 0.15) is 0 Å². The second-order valence-corrected chi connectivity index (χ2v) is 12.9. The van der Waals surface area contributed by atoms with E-state index in [2.05, 4.69) is 60.2 Å². The first kappa shape index (κ1) is 30.5. The number of piperidine rings is 1. The molecule has 44 heavy (non-hydrogen) atoms. The molecule has 2 unspecified atom stereocenters. The van der Waals surface area contributed by atoms with Crippen molar-refractivity contribution in [3.05, 3.63) is 45.7 Å². The molecule has 13 heteroatoms. The molecule has 0 bridgehead atoms. The number of aliphatic imine (C=N–C) groups is 2. The van der Waals surface area contributed by atoms with Gasteiger partial charge < -0.3 is 20.4 Å². The van der Waals surface area contributed by atoms with E-state index in [1.54, 1.807) is 0 Å². The molecule has 2 aliphatic carbocycles. The van der Waals surface area contributed by atoms with Gasteiger partial charge in [-0.2, -0.15) is 5.26 Å². The van der Waals surface area contributed by atoms with Gasteiger partial charge in [0.25, 0.3) is 0 Å². The van der Waals surface area contributed by atoms with Crippen LogP contribution in [0.4, 0.5) is 11.6 Å². The molecule has 4 aliphatic rings. The Bertz CT molecular complexity index is 1540. The summed E-state index contributed by atoms with van der Waals surface area (Å²) in [4.78, 5) is 37.3. The molecule has 2 aromatic rings. The largest absolute Gasteiger partial charge is 0.438 e. The van der Waals surface area contributed by atoms with Crippen molar-refractivity contribution >= 4 is 59.7 Å². The number of aryl methyl sites for hydroxylation is 1. The maximum atomic E-state index is 12.3. The fourth-order valence-electron chi connectivity index (χ4n) is 7.51. The van der Waals surface area contributed by atoms with Crippen molar-refractivity contribution in [2.45, 2.75) is 49.7 Å². The van der Waals surface area contributed by atoms with Gasteiger partial charge in [0.15, 0.2) is 29.2 Å². The Morgan fingerprint density at radius 1 is 1.20 bits per heavy atom. The number of rotatable bonds is 8. The summed E-state index contributed by atoms with van der Waals surface area (Å²) < 4.78 is 4.97. The number of fused-ring (bicyclic) bond motifs is 1. The van der Waals surface area contributed by atoms with E-state index in [-0.39, 0.29) is 35.0 Å². The van der Waals surface area contributed by atoms with E-state index in [1.807, 2.05) is 12.1 Å². The number of carbonyl (C=O) groups is 1. The Labute approximate surface area is 267 Å². The van der Waals surface area contributed by atoms with Gasteiger partial charge in [-0.25, -0.2) is 14.8 Å². The average molecular weight is 634 g/mol. The molecule has 2 aliphatic heterocycles. The number of thiocarbonyl (C=S) groups is 1. The van der Waals surface area contributed by atoms with Crippen molar-refractivity contribution in [3.63, 3.8) is 0 Å². The van der Waals surface area contributed by atoms with Crippen molar-refractivity contribution < 1.29 is 9.53 Å². The normalized spacial score (nSPS) is 25.7. The van der Waals surface area contributed by atoms with Crippen LogP contribution in [0.5, 0.6) is 0 Å². The monoisotopic (exact) mass is 633 g/mol. The zero-order valence-corrected chi connectivity index (χ0v) is 26.2. The fraction of sp³-hybridized carbons (Fsp3) is 0.516. The number of carbonyl (C=O) groups excluding carboxylic acids is 1. The summed E-state index contributed by atoms with van der Waals surface area (Å²) >= 11 is 12.5. The molecule has 3 atom stereocenters. The van der Waals surface area contributed by atoms with Gasteiger partial charge in [-0.15, -0.1) is 0 Å². The minimum absolute atomic E-state index is 0.0338. The average Bonchev–Trinajstić information content (AvgIpc) is 3.71. The zero-order valence-electron chi connectivity index (χ0n) is 24.6. The first-order valence-electron chi connectivity index (χ1n) is 15.0. The topological polar surface area (TPSA) is 136 Å². The number of halogens is 1. The maximum Gasteiger partial charge on any atom is 0.362 e. The van der Waals surface area contributed by atoms with Crippen molar-refractivity contribution in [1.82, 2.24) is 19.8 Å². The number of esters is 1. The number of hydrogen-bond donors (Lipinski definition) is 1. The third kappa shape index (κ3) is 5.58. The molecule has 1 aromatic carbocycles. The number of nitriles is 1. The maximum absolute atomic E-state index is 12.3. The van der Waals surface area contributed by atoms with Gasteiger partial charge in [0, 0.05) is 61.6 Å². The fourth-order valence-corrected chi connectivity index (χ4v) is 8.13. The lowest BCUT2D eigenvalue weighted by atomic mass is 9.84. The summed E-state index contributed by atoms with van der Waals surface area (Å²) in [5, 5.41) is 9.49. The molecule has 2 N–H and O–H groups in total. The quantitative estimate of drug-likeness (QED) is 0.261. The van der Waals surface area contributed by atoms with Gasteiger partial charge in [-0.3, -0.25) is 14.8 Å². The van der Waals surface area contributed by atoms with Crippen LogP contribution in [0.15, 0.2) is 28.2 Å². The van der Waals surface area contributed by atoms with Gasteiger partial charge in [-0.1, -0.05) is 29.9 Å². The predicted octanol–water partition coefficient (Wildman–Crippen LogP) is 3.50. The third-order valence-electron chi connectivity index (χ3n) is 9.66. The molecule has 11 nitrogen and oxygen atoms in total. The van der Waals surface area contributed by atoms with Gasteiger partial charge in [0.05, 0.1) is 17.7 Å². The number of benzene rings is 1. The summed E-state index contributed by atoms with van der Waals surface area (Å²) in [6.07, 6.45) is 4.90. The molecule has 230 valence electrons. The molecule has 0 radical (unpaired) electrons. The van der Waals surface area contributed by atoms with Crippen molar-refractivity contribution in [1.29, 1.82) is 5.26 Å². The number of piperazine rings is 1. The standard InChI is InChI=1S/C31H36ClN9O2S/c1-35-16-21-14-31(21)17-40(29-27(32)37-25(28(34)38-29)30(42)43-18-36-2)11-12-41(31)22-7-9-39(10-8-22)26-23-5-3-19(15-33)13-20(23)4-6-24(26)44/h3,5,13,21-22,26H,1-2,4,6-12,14,16-18H2,(H2,34,38)/t21-,26?,31?/m0/s1. The van der Waals surface area contributed by atoms with Gasteiger partial charge >= 0.3 is 5.97 Å². The highest BCUT2D eigenvalue weighted by Crippen LogP contribution is 2.53. The molecule has 6 rings (SSSR count). The summed E-state index contributed by atoms with van der Waals surface area (Å²) in [5.74, 6) is 0.0796. The first-order chi connectivity index (χ1) is 21.3. The van der Waals surface area contributed by atoms with Crippen LogP contribution in [0.1, 0.15) is 58.9 Å². The minimum Gasteiger partial charge on any atom is -0.438 e. The van der Waals surface area contributed by atoms with Crippen LogP contribution in [0.25, 0.3) is 0 Å². The second-order valence-electron chi connectivity index (χ2n) is 12.0. The molecule has 3 heterocycles. The van der Waals surface area contributed by atoms with E-state index in [0.29, 0.717) is 43.0 Å². The van der Waals surface area contributed by atoms with Crippen LogP contribution < -0.4 is 10.6 Å². The summed E-state index contributed by atoms with van der Waals surface area (Å²) in [6, 6.07) is 8.89. The predicted molar refractivity (Wildman–Crippen MR) is 175 cm³/mol. The second kappa shape index (κ2) is 12.5. The molecule has 1 saturated carbocycles. The molecular formula is C31H36ClN9O2S. The number of ether oxygens (including phenoxy) is 1. The van der Waals surface area contributed by atoms with E-state index in [1.165, 1.54) is 11.1 Å². The zero-order chi connectivity index (χ0) is 31.0. The molecule has 2 saturated heterocycles. The van der Waals surface area contributed by atoms with E-state index < -0.39 is 5.97 Å². The van der Waals surface area contributed by atoms with Crippen LogP contribution in [0.3, 0.4) is 0 Å². The summed E-state index contributed by atoms with van der Waals surface area (Å²) in [6.45, 7) is 11.8. The minimum atomic E-state index is -0.743. The number of likely N-dealkylation sites (tertiary alicyclic amines) is 1. The van der Waals surface area contributed by atoms with Crippen LogP contribution in [0, 0.1) is 17.2 Å². The van der Waals surface area contributed by atoms with Crippen molar-refractivity contribution in [2.75, 3.05) is 56.6 Å². The molecule has 0 amide bonds. The SMILES string of the molecule is C=NCOC(=O)c1nc(Cl)c(N2CCN(C3CCN(C4C(=S)CCc5cc(C#N)ccc54)CC3)C3(C[C@H]3CN=C)C2)nc1N. The number of nitrogens with two attached hydrogens (primary N) is 1. The number of hydrogen-bond acceptors (Lipinski definition) is 12. The molecule has 3 fully saturated rings. The Hall–Kier alpha value is -3.50. The highest BCUT2D eigenvalue weighted by Gasteiger charge is 2.61. The summed E-state index contributed by atoms with van der Waals surface area (Å²) in [5.41, 5.74) is 9.15. The van der Waals surface area contributed by atoms with Gasteiger partial charge in [-0.05, 0) is 68.8 Å². The summed E-state index contributed by atoms with van der Waals surface area (Å²) in [7, 11) is 0. The first-order valence-corrected chi connectivity index (χ1v) is 15.7. The van der Waals surface area contributed by atoms with Crippen LogP contribution in [-0.2, 0) is 11.2 Å². The van der Waals surface area contributed by atoms with E-state index >= 15 is 0 Å². The number of nitrogen functional groups attached to an aromatic ring is 1. The highest BCUT2D eigenvalue weighted by atomic mass is 35.5. The van der Waals surface area contributed by atoms with E-state index in [0.717, 1.165) is 56.6 Å². The Balaban J connectivity index is 1.17. The Kier molecular flexibility index (Phi) is 8.66. The van der Waals surface area contributed by atoms with Crippen molar-refractivity contribution in [3.8, 4) is 6.07 Å². The lowest BCUT2D eigenvalue weighted by molar-refractivity contribution is 0.0415. The van der Waals surface area contributed by atoms with Crippen LogP contribution in [-0.4, -0.2) is 102 Å². The Morgan fingerprint density at radius 2 is 2.00 bits per heavy atom. The lowest BCUT2D eigenvalue weighted by Gasteiger charge is -2.50. The van der Waals surface area contributed by atoms with E-state index in [4.69, 9.17) is 34.3 Å². The lowest BCUT2D eigenvalue weighted by Crippen LogP contribution is -2.61. The smallest absolute Gasteiger partial charge is 0.362 e. The molecular weight excluding hydrogens is 598 g/mol. The molecule has 1 aromatic heterocycles. The molecule has 1 spiro atoms. The van der Waals surface area contributed by atoms with E-state index in [9.17, 15) is 10.1 Å². The number of nitrogens with zero attached hydrogens (tertiary/aromatic N) is 8. The van der Waals surface area contributed by atoms with Crippen molar-refractivity contribution in [2.24, 2.45) is 15.9 Å². The Morgan fingerprint density at radius 3 is 2.73 bits per heavy atom. The van der Waals surface area contributed by atoms with Gasteiger partial charge in [0.2, 0.25) is 0 Å². The van der Waals surface area contributed by atoms with Crippen LogP contribution >= 0.6 is 23.8 Å². The number of anilines is 2. The highest BCUT2D eigenvalue weighted by molar-refractivity contribution is 7.80. The third-order valence-corrected chi connectivity index (χ3v) is 10.3. The number of aromatic nitrogens is 2. The van der Waals surface area contributed by atoms with Crippen LogP contribution in [0.2, 0.25) is 5.15 Å².